The first-order valence-electron chi connectivity index (χ1n) is 6.43. The van der Waals surface area contributed by atoms with Crippen molar-refractivity contribution in [3.05, 3.63) is 35.9 Å². The summed E-state index contributed by atoms with van der Waals surface area (Å²) in [7, 11) is 0. The fourth-order valence-corrected chi connectivity index (χ4v) is 2.24. The second kappa shape index (κ2) is 5.98. The molecule has 4 heteroatoms. The maximum Gasteiger partial charge on any atom is 0.237 e. The Hall–Kier alpha value is -1.39. The number of aliphatic hydroxyl groups is 1. The number of benzene rings is 1. The highest BCUT2D eigenvalue weighted by Crippen LogP contribution is 2.13. The van der Waals surface area contributed by atoms with Crippen LogP contribution < -0.4 is 10.6 Å². The van der Waals surface area contributed by atoms with Gasteiger partial charge in [-0.1, -0.05) is 30.3 Å². The van der Waals surface area contributed by atoms with Crippen molar-refractivity contribution in [2.45, 2.75) is 38.0 Å². The molecule has 1 saturated heterocycles. The van der Waals surface area contributed by atoms with Gasteiger partial charge in [-0.3, -0.25) is 4.79 Å². The molecule has 1 aromatic carbocycles. The minimum absolute atomic E-state index is 0.0143. The van der Waals surface area contributed by atoms with Crippen LogP contribution in [0.2, 0.25) is 0 Å². The van der Waals surface area contributed by atoms with E-state index in [1.807, 2.05) is 37.3 Å². The minimum Gasteiger partial charge on any atom is -0.393 e. The molecular formula is C14H20N2O2. The molecule has 1 amide bonds. The molecule has 0 bridgehead atoms. The zero-order valence-corrected chi connectivity index (χ0v) is 10.6. The van der Waals surface area contributed by atoms with Crippen LogP contribution in [-0.2, 0) is 4.79 Å². The van der Waals surface area contributed by atoms with Crippen LogP contribution in [0.15, 0.2) is 30.3 Å². The molecule has 0 aromatic heterocycles. The maximum atomic E-state index is 12.0. The summed E-state index contributed by atoms with van der Waals surface area (Å²) in [6.07, 6.45) is 0.847. The molecule has 0 radical (unpaired) electrons. The number of aliphatic hydroxyl groups excluding tert-OH is 1. The molecule has 18 heavy (non-hydrogen) atoms. The van der Waals surface area contributed by atoms with Gasteiger partial charge in [0.1, 0.15) is 0 Å². The molecule has 3 N–H and O–H groups in total. The SMILES string of the molecule is C[C@@H](NC(=O)[C@H]1C[C@H](O)CCN1)c1ccccc1. The quantitative estimate of drug-likeness (QED) is 0.747. The van der Waals surface area contributed by atoms with Crippen molar-refractivity contribution >= 4 is 5.91 Å². The number of piperidine rings is 1. The molecule has 0 unspecified atom stereocenters. The Morgan fingerprint density at radius 2 is 2.17 bits per heavy atom. The van der Waals surface area contributed by atoms with Gasteiger partial charge in [0.25, 0.3) is 0 Å². The molecule has 1 aliphatic rings. The van der Waals surface area contributed by atoms with Crippen molar-refractivity contribution in [2.75, 3.05) is 6.54 Å². The summed E-state index contributed by atoms with van der Waals surface area (Å²) in [5.74, 6) is -0.0369. The van der Waals surface area contributed by atoms with Crippen molar-refractivity contribution in [2.24, 2.45) is 0 Å². The van der Waals surface area contributed by atoms with Gasteiger partial charge in [0.05, 0.1) is 18.2 Å². The zero-order chi connectivity index (χ0) is 13.0. The summed E-state index contributed by atoms with van der Waals surface area (Å²) in [5.41, 5.74) is 1.09. The average molecular weight is 248 g/mol. The molecule has 1 aliphatic heterocycles. The Kier molecular flexibility index (Phi) is 4.33. The lowest BCUT2D eigenvalue weighted by atomic mass is 10.0. The Labute approximate surface area is 107 Å². The van der Waals surface area contributed by atoms with E-state index in [4.69, 9.17) is 0 Å². The molecular weight excluding hydrogens is 228 g/mol. The average Bonchev–Trinajstić information content (AvgIpc) is 2.39. The fourth-order valence-electron chi connectivity index (χ4n) is 2.24. The van der Waals surface area contributed by atoms with Crippen LogP contribution in [0.3, 0.4) is 0 Å². The van der Waals surface area contributed by atoms with Gasteiger partial charge >= 0.3 is 0 Å². The maximum absolute atomic E-state index is 12.0. The molecule has 1 aromatic rings. The van der Waals surface area contributed by atoms with Crippen molar-refractivity contribution < 1.29 is 9.90 Å². The summed E-state index contributed by atoms with van der Waals surface area (Å²) in [6.45, 7) is 2.66. The van der Waals surface area contributed by atoms with Crippen LogP contribution in [-0.4, -0.2) is 29.7 Å². The standard InChI is InChI=1S/C14H20N2O2/c1-10(11-5-3-2-4-6-11)16-14(18)13-9-12(17)7-8-15-13/h2-6,10,12-13,15,17H,7-9H2,1H3,(H,16,18)/t10-,12-,13-/m1/s1. The topological polar surface area (TPSA) is 61.4 Å². The number of rotatable bonds is 3. The van der Waals surface area contributed by atoms with Gasteiger partial charge in [0, 0.05) is 0 Å². The molecule has 0 aliphatic carbocycles. The summed E-state index contributed by atoms with van der Waals surface area (Å²) in [4.78, 5) is 12.0. The van der Waals surface area contributed by atoms with Gasteiger partial charge in [0.2, 0.25) is 5.91 Å². The lowest BCUT2D eigenvalue weighted by molar-refractivity contribution is -0.125. The van der Waals surface area contributed by atoms with Crippen LogP contribution in [0.1, 0.15) is 31.4 Å². The second-order valence-electron chi connectivity index (χ2n) is 4.83. The molecule has 1 heterocycles. The number of nitrogens with one attached hydrogen (secondary N) is 2. The van der Waals surface area contributed by atoms with E-state index in [0.29, 0.717) is 13.0 Å². The first-order chi connectivity index (χ1) is 8.66. The normalized spacial score (nSPS) is 25.4. The van der Waals surface area contributed by atoms with E-state index < -0.39 is 0 Å². The molecule has 98 valence electrons. The Balaban J connectivity index is 1.91. The van der Waals surface area contributed by atoms with E-state index in [9.17, 15) is 9.90 Å². The van der Waals surface area contributed by atoms with E-state index in [2.05, 4.69) is 10.6 Å². The molecule has 0 spiro atoms. The van der Waals surface area contributed by atoms with Crippen LogP contribution in [0, 0.1) is 0 Å². The van der Waals surface area contributed by atoms with Crippen LogP contribution in [0.25, 0.3) is 0 Å². The number of carbonyl (C=O) groups excluding carboxylic acids is 1. The number of amides is 1. The lowest BCUT2D eigenvalue weighted by Crippen LogP contribution is -2.50. The fraction of sp³-hybridized carbons (Fsp3) is 0.500. The van der Waals surface area contributed by atoms with Crippen LogP contribution in [0.4, 0.5) is 0 Å². The van der Waals surface area contributed by atoms with E-state index in [-0.39, 0.29) is 24.1 Å². The Morgan fingerprint density at radius 1 is 1.44 bits per heavy atom. The summed E-state index contributed by atoms with van der Waals surface area (Å²) >= 11 is 0. The lowest BCUT2D eigenvalue weighted by Gasteiger charge is -2.27. The molecule has 3 atom stereocenters. The highest BCUT2D eigenvalue weighted by atomic mass is 16.3. The first-order valence-corrected chi connectivity index (χ1v) is 6.43. The summed E-state index contributed by atoms with van der Waals surface area (Å²) in [5, 5.41) is 15.7. The van der Waals surface area contributed by atoms with Crippen LogP contribution in [0.5, 0.6) is 0 Å². The van der Waals surface area contributed by atoms with Gasteiger partial charge < -0.3 is 15.7 Å². The Bertz CT molecular complexity index is 394. The van der Waals surface area contributed by atoms with Crippen molar-refractivity contribution in [1.29, 1.82) is 0 Å². The minimum atomic E-state index is -0.367. The zero-order valence-electron chi connectivity index (χ0n) is 10.6. The van der Waals surface area contributed by atoms with Gasteiger partial charge in [0.15, 0.2) is 0 Å². The first kappa shape index (κ1) is 13.1. The van der Waals surface area contributed by atoms with Gasteiger partial charge in [-0.05, 0) is 31.9 Å². The predicted octanol–water partition coefficient (Wildman–Crippen LogP) is 0.977. The van der Waals surface area contributed by atoms with Crippen molar-refractivity contribution in [3.8, 4) is 0 Å². The van der Waals surface area contributed by atoms with E-state index in [1.165, 1.54) is 0 Å². The number of hydrogen-bond acceptors (Lipinski definition) is 3. The number of hydrogen-bond donors (Lipinski definition) is 3. The Morgan fingerprint density at radius 3 is 2.83 bits per heavy atom. The molecule has 1 fully saturated rings. The van der Waals surface area contributed by atoms with E-state index in [0.717, 1.165) is 12.0 Å². The monoisotopic (exact) mass is 248 g/mol. The highest BCUT2D eigenvalue weighted by molar-refractivity contribution is 5.82. The van der Waals surface area contributed by atoms with Crippen molar-refractivity contribution in [1.82, 2.24) is 10.6 Å². The predicted molar refractivity (Wildman–Crippen MR) is 70.0 cm³/mol. The second-order valence-corrected chi connectivity index (χ2v) is 4.83. The third-order valence-electron chi connectivity index (χ3n) is 3.35. The molecule has 0 saturated carbocycles. The van der Waals surface area contributed by atoms with Gasteiger partial charge in [-0.15, -0.1) is 0 Å². The van der Waals surface area contributed by atoms with Crippen molar-refractivity contribution in [3.63, 3.8) is 0 Å². The summed E-state index contributed by atoms with van der Waals surface area (Å²) in [6, 6.07) is 9.57. The number of carbonyl (C=O) groups is 1. The highest BCUT2D eigenvalue weighted by Gasteiger charge is 2.26. The smallest absolute Gasteiger partial charge is 0.237 e. The summed E-state index contributed by atoms with van der Waals surface area (Å²) < 4.78 is 0. The van der Waals surface area contributed by atoms with E-state index in [1.54, 1.807) is 0 Å². The van der Waals surface area contributed by atoms with Crippen LogP contribution >= 0.6 is 0 Å². The van der Waals surface area contributed by atoms with Gasteiger partial charge in [-0.2, -0.15) is 0 Å². The van der Waals surface area contributed by atoms with Gasteiger partial charge in [-0.25, -0.2) is 0 Å². The largest absolute Gasteiger partial charge is 0.393 e. The van der Waals surface area contributed by atoms with E-state index >= 15 is 0 Å². The molecule has 4 nitrogen and oxygen atoms in total. The third-order valence-corrected chi connectivity index (χ3v) is 3.35. The third kappa shape index (κ3) is 3.31. The molecule has 2 rings (SSSR count).